The number of carbonyl (C=O) groups excluding carboxylic acids is 6. The summed E-state index contributed by atoms with van der Waals surface area (Å²) in [6.07, 6.45) is 2.53. The Bertz CT molecular complexity index is 2260. The van der Waals surface area contributed by atoms with E-state index in [0.29, 0.717) is 29.3 Å². The van der Waals surface area contributed by atoms with Crippen molar-refractivity contribution < 1.29 is 47.7 Å². The lowest BCUT2D eigenvalue weighted by Crippen LogP contribution is -2.54. The molecule has 0 aliphatic carbocycles. The number of anilines is 3. The molecule has 2 aliphatic rings. The number of nitrogens with zero attached hydrogens (tertiary/aromatic N) is 5. The Morgan fingerprint density at radius 1 is 0.932 bits per heavy atom. The van der Waals surface area contributed by atoms with Crippen LogP contribution in [0.2, 0.25) is 10.2 Å². The third-order valence-electron chi connectivity index (χ3n) is 9.08. The molecule has 0 radical (unpaired) electrons. The van der Waals surface area contributed by atoms with Gasteiger partial charge in [0.25, 0.3) is 11.8 Å². The van der Waals surface area contributed by atoms with Crippen LogP contribution in [-0.4, -0.2) is 119 Å². The first-order valence-electron chi connectivity index (χ1n) is 18.4. The Labute approximate surface area is 346 Å². The summed E-state index contributed by atoms with van der Waals surface area (Å²) in [5.74, 6) is -2.50. The van der Waals surface area contributed by atoms with Gasteiger partial charge in [0.1, 0.15) is 18.3 Å². The maximum absolute atomic E-state index is 13.2. The molecule has 6 rings (SSSR count). The molecule has 3 aromatic heterocycles. The van der Waals surface area contributed by atoms with Gasteiger partial charge in [0.15, 0.2) is 10.8 Å². The number of halogens is 2. The number of benzene rings is 1. The molecule has 2 unspecified atom stereocenters. The van der Waals surface area contributed by atoms with E-state index in [4.69, 9.17) is 42.1 Å². The number of rotatable bonds is 19. The maximum atomic E-state index is 13.2. The number of ether oxygens (including phenoxy) is 4. The van der Waals surface area contributed by atoms with E-state index in [1.54, 1.807) is 25.1 Å². The van der Waals surface area contributed by atoms with Gasteiger partial charge in [-0.25, -0.2) is 19.3 Å². The topological polar surface area (TPSA) is 246 Å². The van der Waals surface area contributed by atoms with Crippen molar-refractivity contribution in [2.75, 3.05) is 69.2 Å². The van der Waals surface area contributed by atoms with Gasteiger partial charge in [-0.2, -0.15) is 5.10 Å². The lowest BCUT2D eigenvalue weighted by molar-refractivity contribution is -0.136. The highest BCUT2D eigenvalue weighted by Gasteiger charge is 2.45. The second-order valence-electron chi connectivity index (χ2n) is 13.0. The second-order valence-corrected chi connectivity index (χ2v) is 13.9. The standard InChI is InChI=1S/C37H40Cl2N10O10/c1-20(56-2)32-25(19-42-28-17-27(39)47-49(28)32)45-37(55)44-24-16-21(38)18-43-34(24)59-13-10-41-29(50)8-11-57-14-15-58-12-9-40-23-5-3-4-22-31(23)36(54)48(35(22)53)26-6-7-30(51)46-33(26)52/h3-5,16-20,26,40H,6-15H2,1-2H3,(H,41,50)(H2,44,45,55)(H,46,51,52). The summed E-state index contributed by atoms with van der Waals surface area (Å²) < 4.78 is 23.8. The number of hydrogen-bond acceptors (Lipinski definition) is 14. The zero-order chi connectivity index (χ0) is 42.1. The average molecular weight is 856 g/mol. The van der Waals surface area contributed by atoms with Crippen molar-refractivity contribution in [1.82, 2.24) is 35.1 Å². The first-order chi connectivity index (χ1) is 28.4. The minimum Gasteiger partial charge on any atom is -0.474 e. The number of pyridine rings is 1. The van der Waals surface area contributed by atoms with Crippen molar-refractivity contribution in [3.05, 3.63) is 69.7 Å². The maximum Gasteiger partial charge on any atom is 0.323 e. The number of urea groups is 1. The Morgan fingerprint density at radius 3 is 2.49 bits per heavy atom. The number of hydrogen-bond donors (Lipinski definition) is 5. The number of imide groups is 2. The lowest BCUT2D eigenvalue weighted by Gasteiger charge is -2.27. The van der Waals surface area contributed by atoms with E-state index in [2.05, 4.69) is 41.7 Å². The number of carbonyl (C=O) groups is 6. The van der Waals surface area contributed by atoms with Gasteiger partial charge in [0.05, 0.1) is 72.8 Å². The number of piperidine rings is 1. The molecule has 2 aliphatic heterocycles. The van der Waals surface area contributed by atoms with E-state index < -0.39 is 41.8 Å². The third-order valence-corrected chi connectivity index (χ3v) is 9.47. The molecule has 0 saturated carbocycles. The van der Waals surface area contributed by atoms with Crippen molar-refractivity contribution in [2.24, 2.45) is 0 Å². The van der Waals surface area contributed by atoms with Crippen LogP contribution in [0, 0.1) is 0 Å². The van der Waals surface area contributed by atoms with E-state index in [-0.39, 0.29) is 97.6 Å². The van der Waals surface area contributed by atoms with Crippen LogP contribution in [0.25, 0.3) is 5.65 Å². The number of methoxy groups -OCH3 is 1. The fourth-order valence-corrected chi connectivity index (χ4v) is 6.59. The zero-order valence-corrected chi connectivity index (χ0v) is 33.4. The molecule has 20 nitrogen and oxygen atoms in total. The van der Waals surface area contributed by atoms with Gasteiger partial charge < -0.3 is 40.2 Å². The van der Waals surface area contributed by atoms with E-state index in [1.807, 2.05) is 0 Å². The molecule has 5 heterocycles. The minimum absolute atomic E-state index is 0.0316. The van der Waals surface area contributed by atoms with E-state index in [9.17, 15) is 28.8 Å². The Balaban J connectivity index is 0.858. The first-order valence-corrected chi connectivity index (χ1v) is 19.1. The summed E-state index contributed by atoms with van der Waals surface area (Å²) in [5, 5.41) is 18.1. The van der Waals surface area contributed by atoms with Crippen LogP contribution in [0.4, 0.5) is 21.9 Å². The summed E-state index contributed by atoms with van der Waals surface area (Å²) in [6.45, 7) is 3.13. The fourth-order valence-electron chi connectivity index (χ4n) is 6.26. The summed E-state index contributed by atoms with van der Waals surface area (Å²) in [7, 11) is 1.52. The molecule has 59 heavy (non-hydrogen) atoms. The normalized spacial score (nSPS) is 15.5. The van der Waals surface area contributed by atoms with E-state index >= 15 is 0 Å². The third kappa shape index (κ3) is 10.4. The van der Waals surface area contributed by atoms with Gasteiger partial charge in [0, 0.05) is 44.4 Å². The predicted molar refractivity (Wildman–Crippen MR) is 212 cm³/mol. The second kappa shape index (κ2) is 19.7. The quantitative estimate of drug-likeness (QED) is 0.0672. The van der Waals surface area contributed by atoms with Crippen molar-refractivity contribution >= 4 is 81.5 Å². The molecule has 312 valence electrons. The lowest BCUT2D eigenvalue weighted by atomic mass is 10.0. The SMILES string of the molecule is COC(C)c1c(NC(=O)Nc2cc(Cl)cnc2OCCNC(=O)CCOCCOCCNc2cccc3c2C(=O)N(C2CCC(=O)NC2=O)C3=O)cnc2cc(Cl)nn12. The average Bonchev–Trinajstić information content (AvgIpc) is 3.71. The number of nitrogens with one attached hydrogen (secondary N) is 5. The van der Waals surface area contributed by atoms with Gasteiger partial charge in [-0.05, 0) is 31.5 Å². The number of fused-ring (bicyclic) bond motifs is 2. The first kappa shape index (κ1) is 42.7. The smallest absolute Gasteiger partial charge is 0.323 e. The Kier molecular flexibility index (Phi) is 14.2. The van der Waals surface area contributed by atoms with Gasteiger partial charge in [-0.3, -0.25) is 34.2 Å². The molecule has 0 spiro atoms. The largest absolute Gasteiger partial charge is 0.474 e. The predicted octanol–water partition coefficient (Wildman–Crippen LogP) is 3.21. The highest BCUT2D eigenvalue weighted by atomic mass is 35.5. The molecule has 4 aromatic rings. The van der Waals surface area contributed by atoms with Crippen LogP contribution in [-0.2, 0) is 28.6 Å². The van der Waals surface area contributed by atoms with Crippen LogP contribution < -0.4 is 31.3 Å². The summed E-state index contributed by atoms with van der Waals surface area (Å²) in [4.78, 5) is 84.9. The highest BCUT2D eigenvalue weighted by molar-refractivity contribution is 6.31. The van der Waals surface area contributed by atoms with Gasteiger partial charge in [-0.15, -0.1) is 0 Å². The minimum atomic E-state index is -1.05. The van der Waals surface area contributed by atoms with Crippen molar-refractivity contribution in [3.63, 3.8) is 0 Å². The van der Waals surface area contributed by atoms with E-state index in [1.165, 1.54) is 36.2 Å². The molecule has 7 amide bonds. The van der Waals surface area contributed by atoms with Crippen molar-refractivity contribution in [1.29, 1.82) is 0 Å². The van der Waals surface area contributed by atoms with Gasteiger partial charge in [0.2, 0.25) is 23.6 Å². The van der Waals surface area contributed by atoms with Crippen LogP contribution >= 0.6 is 23.2 Å². The monoisotopic (exact) mass is 854 g/mol. The van der Waals surface area contributed by atoms with E-state index in [0.717, 1.165) is 4.90 Å². The molecule has 22 heteroatoms. The Hall–Kier alpha value is -5.93. The van der Waals surface area contributed by atoms with Crippen molar-refractivity contribution in [2.45, 2.75) is 38.3 Å². The van der Waals surface area contributed by atoms with Crippen LogP contribution in [0.1, 0.15) is 58.7 Å². The molecular weight excluding hydrogens is 815 g/mol. The summed E-state index contributed by atoms with van der Waals surface area (Å²) >= 11 is 12.2. The molecule has 2 atom stereocenters. The molecule has 1 fully saturated rings. The van der Waals surface area contributed by atoms with Crippen LogP contribution in [0.15, 0.2) is 42.7 Å². The molecule has 1 saturated heterocycles. The fraction of sp³-hybridized carbons (Fsp3) is 0.378. The zero-order valence-electron chi connectivity index (χ0n) is 31.8. The van der Waals surface area contributed by atoms with Gasteiger partial charge in [-0.1, -0.05) is 29.3 Å². The van der Waals surface area contributed by atoms with Crippen LogP contribution in [0.3, 0.4) is 0 Å². The van der Waals surface area contributed by atoms with Crippen LogP contribution in [0.5, 0.6) is 5.88 Å². The molecular formula is C37H40Cl2N10O10. The molecule has 5 N–H and O–H groups in total. The van der Waals surface area contributed by atoms with Gasteiger partial charge >= 0.3 is 6.03 Å². The Morgan fingerprint density at radius 2 is 1.71 bits per heavy atom. The molecule has 1 aromatic carbocycles. The number of amides is 7. The van der Waals surface area contributed by atoms with Crippen molar-refractivity contribution in [3.8, 4) is 5.88 Å². The summed E-state index contributed by atoms with van der Waals surface area (Å²) in [6, 6.07) is 6.16. The highest BCUT2D eigenvalue weighted by Crippen LogP contribution is 2.33. The molecule has 0 bridgehead atoms. The number of aromatic nitrogens is 4. The summed E-state index contributed by atoms with van der Waals surface area (Å²) in [5.41, 5.74) is 2.25.